The summed E-state index contributed by atoms with van der Waals surface area (Å²) in [4.78, 5) is 25.6. The number of thiocarbonyl (C=S) groups is 1. The van der Waals surface area contributed by atoms with E-state index in [1.54, 1.807) is 4.68 Å². The molecule has 0 unspecified atom stereocenters. The average molecular weight is 450 g/mol. The molecular weight excluding hydrogens is 430 g/mol. The number of carbonyl (C=O) groups excluding carboxylic acids is 1. The van der Waals surface area contributed by atoms with E-state index in [4.69, 9.17) is 22.4 Å². The van der Waals surface area contributed by atoms with Crippen molar-refractivity contribution in [3.05, 3.63) is 77.3 Å². The number of aliphatic carboxylic acids is 1. The van der Waals surface area contributed by atoms with Crippen molar-refractivity contribution in [2.24, 2.45) is 0 Å². The Morgan fingerprint density at radius 2 is 1.77 bits per heavy atom. The Balaban J connectivity index is 1.68. The molecule has 0 bridgehead atoms. The molecule has 1 aliphatic rings. The number of hydrogen-bond donors (Lipinski definition) is 1. The van der Waals surface area contributed by atoms with E-state index in [2.05, 4.69) is 0 Å². The quantitative estimate of drug-likeness (QED) is 0.420. The van der Waals surface area contributed by atoms with Crippen molar-refractivity contribution < 1.29 is 14.7 Å². The second-order valence-electron chi connectivity index (χ2n) is 6.91. The molecule has 3 aromatic rings. The molecule has 0 atom stereocenters. The van der Waals surface area contributed by atoms with Crippen molar-refractivity contribution in [3.8, 4) is 16.9 Å². The van der Waals surface area contributed by atoms with Gasteiger partial charge in [0, 0.05) is 30.3 Å². The van der Waals surface area contributed by atoms with Crippen LogP contribution in [0.4, 0.5) is 0 Å². The van der Waals surface area contributed by atoms with E-state index in [1.807, 2.05) is 72.9 Å². The van der Waals surface area contributed by atoms with Crippen molar-refractivity contribution >= 4 is 46.3 Å². The minimum atomic E-state index is -0.887. The van der Waals surface area contributed by atoms with Crippen LogP contribution in [0.25, 0.3) is 23.0 Å². The molecule has 0 aliphatic carbocycles. The number of thioether (sulfide) groups is 1. The smallest absolute Gasteiger partial charge is 0.303 e. The summed E-state index contributed by atoms with van der Waals surface area (Å²) in [7, 11) is 0. The maximum absolute atomic E-state index is 12.9. The van der Waals surface area contributed by atoms with E-state index in [0.717, 1.165) is 22.5 Å². The third-order valence-electron chi connectivity index (χ3n) is 4.74. The van der Waals surface area contributed by atoms with Crippen LogP contribution in [0.15, 0.2) is 71.8 Å². The van der Waals surface area contributed by atoms with Gasteiger partial charge in [-0.25, -0.2) is 4.68 Å². The molecule has 1 fully saturated rings. The number of carbonyl (C=O) groups is 2. The zero-order valence-electron chi connectivity index (χ0n) is 16.5. The predicted molar refractivity (Wildman–Crippen MR) is 126 cm³/mol. The first-order valence-corrected chi connectivity index (χ1v) is 10.9. The minimum absolute atomic E-state index is 0.00188. The van der Waals surface area contributed by atoms with E-state index in [0.29, 0.717) is 22.2 Å². The van der Waals surface area contributed by atoms with Crippen LogP contribution in [0, 0.1) is 0 Å². The molecule has 1 saturated heterocycles. The number of para-hydroxylation sites is 1. The molecule has 1 aromatic heterocycles. The summed E-state index contributed by atoms with van der Waals surface area (Å²) < 4.78 is 2.24. The molecule has 1 aliphatic heterocycles. The molecule has 0 saturated carbocycles. The molecule has 4 rings (SSSR count). The van der Waals surface area contributed by atoms with Crippen LogP contribution in [0.5, 0.6) is 0 Å². The van der Waals surface area contributed by atoms with Crippen LogP contribution < -0.4 is 0 Å². The summed E-state index contributed by atoms with van der Waals surface area (Å²) in [5.41, 5.74) is 3.43. The van der Waals surface area contributed by atoms with Gasteiger partial charge in [-0.1, -0.05) is 72.5 Å². The number of carboxylic acids is 1. The van der Waals surface area contributed by atoms with Gasteiger partial charge in [-0.15, -0.1) is 0 Å². The van der Waals surface area contributed by atoms with Gasteiger partial charge in [0.2, 0.25) is 0 Å². The Labute approximate surface area is 189 Å². The maximum Gasteiger partial charge on any atom is 0.303 e. The number of rotatable bonds is 7. The highest BCUT2D eigenvalue weighted by molar-refractivity contribution is 8.26. The average Bonchev–Trinajstić information content (AvgIpc) is 3.31. The number of aromatic nitrogens is 2. The van der Waals surface area contributed by atoms with E-state index in [1.165, 1.54) is 16.7 Å². The van der Waals surface area contributed by atoms with Gasteiger partial charge in [-0.2, -0.15) is 5.10 Å². The van der Waals surface area contributed by atoms with Crippen molar-refractivity contribution in [2.45, 2.75) is 12.8 Å². The van der Waals surface area contributed by atoms with Gasteiger partial charge < -0.3 is 5.11 Å². The van der Waals surface area contributed by atoms with Crippen LogP contribution in [0.3, 0.4) is 0 Å². The summed E-state index contributed by atoms with van der Waals surface area (Å²) in [5, 5.41) is 13.6. The summed E-state index contributed by atoms with van der Waals surface area (Å²) in [6, 6.07) is 19.6. The lowest BCUT2D eigenvalue weighted by Crippen LogP contribution is -2.29. The van der Waals surface area contributed by atoms with Gasteiger partial charge in [-0.05, 0) is 24.6 Å². The van der Waals surface area contributed by atoms with E-state index < -0.39 is 5.97 Å². The standard InChI is InChI=1S/C23H19N3O3S2/c27-20(28)12-7-13-25-22(29)19(31-23(25)30)14-17-15-26(18-10-5-2-6-11-18)24-21(17)16-8-3-1-4-9-16/h1-6,8-11,14-15H,7,12-13H2,(H,27,28)/b19-14-. The summed E-state index contributed by atoms with van der Waals surface area (Å²) >= 11 is 6.59. The zero-order valence-corrected chi connectivity index (χ0v) is 18.1. The van der Waals surface area contributed by atoms with Crippen molar-refractivity contribution in [2.75, 3.05) is 6.54 Å². The fourth-order valence-electron chi connectivity index (χ4n) is 3.25. The van der Waals surface area contributed by atoms with Gasteiger partial charge in [0.1, 0.15) is 4.32 Å². The van der Waals surface area contributed by atoms with Crippen LogP contribution in [-0.2, 0) is 9.59 Å². The Kier molecular flexibility index (Phi) is 6.29. The van der Waals surface area contributed by atoms with Crippen LogP contribution in [0.1, 0.15) is 18.4 Å². The number of nitrogens with zero attached hydrogens (tertiary/aromatic N) is 3. The second kappa shape index (κ2) is 9.28. The van der Waals surface area contributed by atoms with E-state index in [-0.39, 0.29) is 12.3 Å². The van der Waals surface area contributed by atoms with Crippen LogP contribution in [-0.4, -0.2) is 42.5 Å². The van der Waals surface area contributed by atoms with Gasteiger partial charge >= 0.3 is 5.97 Å². The molecule has 31 heavy (non-hydrogen) atoms. The molecule has 2 aromatic carbocycles. The Bertz CT molecular complexity index is 1160. The van der Waals surface area contributed by atoms with E-state index >= 15 is 0 Å². The largest absolute Gasteiger partial charge is 0.481 e. The fourth-order valence-corrected chi connectivity index (χ4v) is 4.55. The van der Waals surface area contributed by atoms with Gasteiger partial charge in [0.05, 0.1) is 16.3 Å². The van der Waals surface area contributed by atoms with E-state index in [9.17, 15) is 9.59 Å². The highest BCUT2D eigenvalue weighted by Crippen LogP contribution is 2.35. The number of hydrogen-bond acceptors (Lipinski definition) is 5. The SMILES string of the molecule is O=C(O)CCCN1C(=O)/C(=C/c2cn(-c3ccccc3)nc2-c2ccccc2)SC1=S. The third-order valence-corrected chi connectivity index (χ3v) is 6.12. The monoisotopic (exact) mass is 449 g/mol. The number of carboxylic acid groups (broad SMARTS) is 1. The molecule has 0 spiro atoms. The Morgan fingerprint density at radius 1 is 1.10 bits per heavy atom. The minimum Gasteiger partial charge on any atom is -0.481 e. The first-order valence-electron chi connectivity index (χ1n) is 9.70. The molecule has 156 valence electrons. The lowest BCUT2D eigenvalue weighted by molar-refractivity contribution is -0.137. The zero-order chi connectivity index (χ0) is 21.8. The molecule has 2 heterocycles. The van der Waals surface area contributed by atoms with Crippen LogP contribution in [0.2, 0.25) is 0 Å². The number of amides is 1. The van der Waals surface area contributed by atoms with Gasteiger partial charge in [-0.3, -0.25) is 14.5 Å². The highest BCUT2D eigenvalue weighted by atomic mass is 32.2. The van der Waals surface area contributed by atoms with Crippen molar-refractivity contribution in [3.63, 3.8) is 0 Å². The molecule has 8 heteroatoms. The lowest BCUT2D eigenvalue weighted by Gasteiger charge is -2.13. The summed E-state index contributed by atoms with van der Waals surface area (Å²) in [6.07, 6.45) is 4.06. The summed E-state index contributed by atoms with van der Waals surface area (Å²) in [5.74, 6) is -1.09. The second-order valence-corrected chi connectivity index (χ2v) is 8.59. The Morgan fingerprint density at radius 3 is 2.45 bits per heavy atom. The topological polar surface area (TPSA) is 75.4 Å². The molecule has 6 nitrogen and oxygen atoms in total. The first-order chi connectivity index (χ1) is 15.0. The van der Waals surface area contributed by atoms with Crippen LogP contribution >= 0.6 is 24.0 Å². The normalized spacial score (nSPS) is 15.1. The first kappa shape index (κ1) is 21.0. The predicted octanol–water partition coefficient (Wildman–Crippen LogP) is 4.61. The molecule has 1 amide bonds. The summed E-state index contributed by atoms with van der Waals surface area (Å²) in [6.45, 7) is 0.295. The molecule has 1 N–H and O–H groups in total. The maximum atomic E-state index is 12.9. The molecular formula is C23H19N3O3S2. The lowest BCUT2D eigenvalue weighted by atomic mass is 10.1. The fraction of sp³-hybridized carbons (Fsp3) is 0.130. The van der Waals surface area contributed by atoms with Crippen molar-refractivity contribution in [1.29, 1.82) is 0 Å². The van der Waals surface area contributed by atoms with Crippen molar-refractivity contribution in [1.82, 2.24) is 14.7 Å². The third kappa shape index (κ3) is 4.76. The molecule has 0 radical (unpaired) electrons. The number of benzene rings is 2. The highest BCUT2D eigenvalue weighted by Gasteiger charge is 2.32. The Hall–Kier alpha value is -3.23. The van der Waals surface area contributed by atoms with Gasteiger partial charge in [0.25, 0.3) is 5.91 Å². The van der Waals surface area contributed by atoms with Gasteiger partial charge in [0.15, 0.2) is 0 Å².